The molecular formula is C25H22BrN3O5S. The molecule has 1 aliphatic rings. The molecule has 35 heavy (non-hydrogen) atoms. The van der Waals surface area contributed by atoms with Crippen molar-refractivity contribution < 1.29 is 22.7 Å². The normalized spacial score (nSPS) is 14.9. The molecule has 0 atom stereocenters. The van der Waals surface area contributed by atoms with Crippen LogP contribution < -0.4 is 19.6 Å². The van der Waals surface area contributed by atoms with Gasteiger partial charge in [0.05, 0.1) is 33.5 Å². The van der Waals surface area contributed by atoms with E-state index in [1.165, 1.54) is 29.3 Å². The monoisotopic (exact) mass is 555 g/mol. The summed E-state index contributed by atoms with van der Waals surface area (Å²) >= 11 is 3.54. The van der Waals surface area contributed by atoms with Gasteiger partial charge in [0, 0.05) is 0 Å². The van der Waals surface area contributed by atoms with Crippen molar-refractivity contribution in [2.75, 3.05) is 12.1 Å². The Morgan fingerprint density at radius 3 is 2.40 bits per heavy atom. The minimum Gasteiger partial charge on any atom is -0.493 e. The molecule has 0 aliphatic carbocycles. The van der Waals surface area contributed by atoms with Crippen LogP contribution >= 0.6 is 15.9 Å². The van der Waals surface area contributed by atoms with Crippen molar-refractivity contribution in [3.8, 4) is 11.5 Å². The van der Waals surface area contributed by atoms with Gasteiger partial charge in [0.15, 0.2) is 11.5 Å². The summed E-state index contributed by atoms with van der Waals surface area (Å²) in [4.78, 5) is 13.1. The number of ether oxygens (including phenoxy) is 2. The van der Waals surface area contributed by atoms with Gasteiger partial charge in [0.2, 0.25) is 10.0 Å². The molecule has 0 unspecified atom stereocenters. The number of carbonyl (C=O) groups excluding carboxylic acids is 1. The number of hydrogen-bond donors (Lipinski definition) is 1. The number of nitrogens with zero attached hydrogens (tertiary/aromatic N) is 2. The lowest BCUT2D eigenvalue weighted by atomic mass is 10.1. The van der Waals surface area contributed by atoms with Gasteiger partial charge in [0.1, 0.15) is 6.61 Å². The number of hydrogen-bond acceptors (Lipinski definition) is 6. The quantitative estimate of drug-likeness (QED) is 0.431. The number of carbonyl (C=O) groups is 1. The topological polar surface area (TPSA) is 111 Å². The first-order valence-corrected chi connectivity index (χ1v) is 12.8. The number of methoxy groups -OCH3 is 1. The number of amides is 1. The van der Waals surface area contributed by atoms with Gasteiger partial charge in [-0.2, -0.15) is 10.1 Å². The molecule has 1 heterocycles. The van der Waals surface area contributed by atoms with E-state index in [0.717, 1.165) is 5.56 Å². The van der Waals surface area contributed by atoms with E-state index in [1.807, 2.05) is 36.4 Å². The zero-order chi connectivity index (χ0) is 25.2. The van der Waals surface area contributed by atoms with E-state index in [9.17, 15) is 13.2 Å². The molecule has 0 aromatic heterocycles. The van der Waals surface area contributed by atoms with Gasteiger partial charge in [-0.05, 0) is 76.5 Å². The van der Waals surface area contributed by atoms with E-state index in [0.29, 0.717) is 45.1 Å². The van der Waals surface area contributed by atoms with Crippen molar-refractivity contribution in [1.29, 1.82) is 0 Å². The van der Waals surface area contributed by atoms with E-state index in [1.54, 1.807) is 26.2 Å². The summed E-state index contributed by atoms with van der Waals surface area (Å²) in [6.45, 7) is 2.10. The number of sulfonamides is 1. The van der Waals surface area contributed by atoms with Gasteiger partial charge in [-0.15, -0.1) is 0 Å². The van der Waals surface area contributed by atoms with Crippen molar-refractivity contribution in [3.63, 3.8) is 0 Å². The van der Waals surface area contributed by atoms with Crippen LogP contribution in [0, 0.1) is 0 Å². The van der Waals surface area contributed by atoms with Gasteiger partial charge < -0.3 is 9.47 Å². The van der Waals surface area contributed by atoms with Crippen LogP contribution in [-0.4, -0.2) is 27.1 Å². The SMILES string of the molecule is COc1cc(/C=C2\C(=O)N(c3ccc(S(N)(=O)=O)cc3)N=C2C)cc(Br)c1OCc1ccccc1. The molecule has 0 radical (unpaired) electrons. The summed E-state index contributed by atoms with van der Waals surface area (Å²) in [6, 6.07) is 19.0. The van der Waals surface area contributed by atoms with Crippen LogP contribution in [0.15, 0.2) is 86.8 Å². The maximum Gasteiger partial charge on any atom is 0.280 e. The smallest absolute Gasteiger partial charge is 0.280 e. The lowest BCUT2D eigenvalue weighted by Gasteiger charge is -2.14. The highest BCUT2D eigenvalue weighted by atomic mass is 79.9. The summed E-state index contributed by atoms with van der Waals surface area (Å²) in [5.41, 5.74) is 3.07. The predicted molar refractivity (Wildman–Crippen MR) is 138 cm³/mol. The highest BCUT2D eigenvalue weighted by Gasteiger charge is 2.29. The Morgan fingerprint density at radius 1 is 1.09 bits per heavy atom. The molecule has 0 spiro atoms. The van der Waals surface area contributed by atoms with Gasteiger partial charge >= 0.3 is 0 Å². The minimum atomic E-state index is -3.83. The Balaban J connectivity index is 1.58. The van der Waals surface area contributed by atoms with E-state index >= 15 is 0 Å². The zero-order valence-corrected chi connectivity index (χ0v) is 21.3. The zero-order valence-electron chi connectivity index (χ0n) is 18.9. The van der Waals surface area contributed by atoms with Crippen LogP contribution in [0.25, 0.3) is 6.08 Å². The highest BCUT2D eigenvalue weighted by Crippen LogP contribution is 2.38. The second-order valence-corrected chi connectivity index (χ2v) is 10.1. The Kier molecular flexibility index (Phi) is 7.06. The summed E-state index contributed by atoms with van der Waals surface area (Å²) < 4.78 is 35.2. The van der Waals surface area contributed by atoms with Gasteiger partial charge in [0.25, 0.3) is 5.91 Å². The summed E-state index contributed by atoms with van der Waals surface area (Å²) in [6.07, 6.45) is 1.72. The molecule has 3 aromatic rings. The highest BCUT2D eigenvalue weighted by molar-refractivity contribution is 9.10. The third-order valence-corrected chi connectivity index (χ3v) is 6.78. The lowest BCUT2D eigenvalue weighted by Crippen LogP contribution is -2.21. The number of nitrogens with two attached hydrogens (primary N) is 1. The van der Waals surface area contributed by atoms with Crippen LogP contribution in [0.1, 0.15) is 18.1 Å². The Morgan fingerprint density at radius 2 is 1.77 bits per heavy atom. The van der Waals surface area contributed by atoms with Crippen molar-refractivity contribution in [3.05, 3.63) is 87.9 Å². The molecule has 0 fully saturated rings. The Hall–Kier alpha value is -3.47. The maximum atomic E-state index is 13.1. The average Bonchev–Trinajstić information content (AvgIpc) is 3.11. The molecule has 8 nitrogen and oxygen atoms in total. The van der Waals surface area contributed by atoms with Crippen molar-refractivity contribution >= 4 is 49.3 Å². The second-order valence-electron chi connectivity index (χ2n) is 7.71. The molecule has 180 valence electrons. The first-order valence-electron chi connectivity index (χ1n) is 10.5. The lowest BCUT2D eigenvalue weighted by molar-refractivity contribution is -0.114. The van der Waals surface area contributed by atoms with Crippen LogP contribution in [0.3, 0.4) is 0 Å². The fourth-order valence-corrected chi connectivity index (χ4v) is 4.59. The molecule has 4 rings (SSSR count). The first kappa shape index (κ1) is 24.6. The summed E-state index contributed by atoms with van der Waals surface area (Å²) in [7, 11) is -2.28. The molecule has 1 aliphatic heterocycles. The largest absolute Gasteiger partial charge is 0.493 e. The molecular weight excluding hydrogens is 534 g/mol. The maximum absolute atomic E-state index is 13.1. The summed E-state index contributed by atoms with van der Waals surface area (Å²) in [5, 5.41) is 10.7. The average molecular weight is 556 g/mol. The molecule has 2 N–H and O–H groups in total. The molecule has 0 saturated heterocycles. The fraction of sp³-hybridized carbons (Fsp3) is 0.120. The Labute approximate surface area is 211 Å². The number of anilines is 1. The first-order chi connectivity index (χ1) is 16.7. The molecule has 0 bridgehead atoms. The van der Waals surface area contributed by atoms with Crippen LogP contribution in [0.5, 0.6) is 11.5 Å². The van der Waals surface area contributed by atoms with Crippen molar-refractivity contribution in [2.45, 2.75) is 18.4 Å². The van der Waals surface area contributed by atoms with Gasteiger partial charge in [-0.1, -0.05) is 30.3 Å². The van der Waals surface area contributed by atoms with E-state index in [-0.39, 0.29) is 10.8 Å². The predicted octanol–water partition coefficient (Wildman–Crippen LogP) is 4.49. The van der Waals surface area contributed by atoms with Gasteiger partial charge in [-0.3, -0.25) is 4.79 Å². The number of rotatable bonds is 7. The van der Waals surface area contributed by atoms with Crippen molar-refractivity contribution in [1.82, 2.24) is 0 Å². The standard InChI is InChI=1S/C25H22BrN3O5S/c1-16-21(25(30)29(28-16)19-8-10-20(11-9-19)35(27,31)32)12-18-13-22(26)24(23(14-18)33-2)34-15-17-6-4-3-5-7-17/h3-14H,15H2,1-2H3,(H2,27,31,32)/b21-12-. The third-order valence-electron chi connectivity index (χ3n) is 5.26. The number of hydrazone groups is 1. The van der Waals surface area contributed by atoms with E-state index in [2.05, 4.69) is 21.0 Å². The summed E-state index contributed by atoms with van der Waals surface area (Å²) in [5.74, 6) is 0.723. The molecule has 3 aromatic carbocycles. The molecule has 1 amide bonds. The Bertz CT molecular complexity index is 1440. The van der Waals surface area contributed by atoms with Crippen LogP contribution in [0.2, 0.25) is 0 Å². The van der Waals surface area contributed by atoms with E-state index < -0.39 is 10.0 Å². The van der Waals surface area contributed by atoms with Gasteiger partial charge in [-0.25, -0.2) is 13.6 Å². The number of benzene rings is 3. The number of halogens is 1. The minimum absolute atomic E-state index is 0.0455. The molecule has 10 heteroatoms. The fourth-order valence-electron chi connectivity index (χ4n) is 3.50. The third kappa shape index (κ3) is 5.45. The molecule has 0 saturated carbocycles. The van der Waals surface area contributed by atoms with Crippen molar-refractivity contribution in [2.24, 2.45) is 10.2 Å². The van der Waals surface area contributed by atoms with E-state index in [4.69, 9.17) is 14.6 Å². The van der Waals surface area contributed by atoms with Crippen LogP contribution in [0.4, 0.5) is 5.69 Å². The van der Waals surface area contributed by atoms with Crippen LogP contribution in [-0.2, 0) is 21.4 Å². The second kappa shape index (κ2) is 10.0. The number of primary sulfonamides is 1.